The number of fused-ring (bicyclic) bond motifs is 1. The first-order valence-electron chi connectivity index (χ1n) is 16.7. The minimum absolute atomic E-state index is 0.0797. The van der Waals surface area contributed by atoms with E-state index in [0.29, 0.717) is 21.8 Å². The molecule has 4 aromatic rings. The summed E-state index contributed by atoms with van der Waals surface area (Å²) in [6.07, 6.45) is 4.88. The van der Waals surface area contributed by atoms with Gasteiger partial charge in [0.05, 0.1) is 11.3 Å². The molecule has 3 aliphatic rings. The molecule has 1 unspecified atom stereocenters. The zero-order valence-electron chi connectivity index (χ0n) is 28.0. The Morgan fingerprint density at radius 3 is 2.50 bits per heavy atom. The number of rotatable bonds is 8. The number of pyridine rings is 2. The number of piperazine rings is 1. The van der Waals surface area contributed by atoms with Gasteiger partial charge in [0, 0.05) is 60.8 Å². The van der Waals surface area contributed by atoms with Gasteiger partial charge in [-0.3, -0.25) is 19.2 Å². The van der Waals surface area contributed by atoms with Crippen molar-refractivity contribution in [3.63, 3.8) is 0 Å². The van der Waals surface area contributed by atoms with E-state index in [-0.39, 0.29) is 29.1 Å². The molecule has 2 amide bonds. The quantitative estimate of drug-likeness (QED) is 0.210. The molecule has 2 aromatic carbocycles. The number of carbonyl (C=O) groups is 2. The topological polar surface area (TPSA) is 108 Å². The van der Waals surface area contributed by atoms with Crippen LogP contribution >= 0.6 is 11.6 Å². The summed E-state index contributed by atoms with van der Waals surface area (Å²) in [5.74, 6) is -1.11. The van der Waals surface area contributed by atoms with Gasteiger partial charge in [-0.05, 0) is 90.4 Å². The predicted molar refractivity (Wildman–Crippen MR) is 195 cm³/mol. The Labute approximate surface area is 298 Å². The lowest BCUT2D eigenvalue weighted by Crippen LogP contribution is -2.47. The molecule has 12 heteroatoms. The van der Waals surface area contributed by atoms with Crippen LogP contribution in [0.25, 0.3) is 16.8 Å². The molecule has 1 atom stereocenters. The molecular weight excluding hydrogens is 675 g/mol. The highest BCUT2D eigenvalue weighted by molar-refractivity contribution is 7.83. The largest absolute Gasteiger partial charge is 0.369 e. The van der Waals surface area contributed by atoms with E-state index in [0.717, 1.165) is 62.3 Å². The van der Waals surface area contributed by atoms with E-state index < -0.39 is 22.7 Å². The van der Waals surface area contributed by atoms with Crippen molar-refractivity contribution in [2.75, 3.05) is 42.9 Å². The second-order valence-corrected chi connectivity index (χ2v) is 15.5. The number of hydrogen-bond donors (Lipinski definition) is 2. The maximum Gasteiger partial charge on any atom is 0.281 e. The fraction of sp³-hybridized carbons (Fsp3) is 0.316. The number of halogens is 2. The summed E-state index contributed by atoms with van der Waals surface area (Å²) in [6, 6.07) is 19.6. The first-order chi connectivity index (χ1) is 24.0. The monoisotopic (exact) mass is 712 g/mol. The van der Waals surface area contributed by atoms with E-state index in [1.165, 1.54) is 35.4 Å². The Morgan fingerprint density at radius 1 is 1.02 bits per heavy atom. The Morgan fingerprint density at radius 2 is 1.76 bits per heavy atom. The maximum absolute atomic E-state index is 14.7. The van der Waals surface area contributed by atoms with Gasteiger partial charge in [-0.1, -0.05) is 43.2 Å². The molecule has 258 valence electrons. The van der Waals surface area contributed by atoms with Gasteiger partial charge in [0.2, 0.25) is 5.91 Å². The van der Waals surface area contributed by atoms with Crippen LogP contribution in [0.15, 0.2) is 83.4 Å². The Balaban J connectivity index is 0.959. The Hall–Kier alpha value is -4.45. The number of allylic oxidation sites excluding steroid dienone is 1. The molecule has 50 heavy (non-hydrogen) atoms. The summed E-state index contributed by atoms with van der Waals surface area (Å²) in [4.78, 5) is 38.4. The molecule has 0 radical (unpaired) electrons. The minimum atomic E-state index is -1.85. The van der Waals surface area contributed by atoms with E-state index in [1.807, 2.05) is 24.3 Å². The van der Waals surface area contributed by atoms with Crippen LogP contribution in [0.1, 0.15) is 54.7 Å². The standard InChI is InChI=1S/C38H38ClFN6O3S/c1-38(2)14-13-25(31(21-38)24-3-5-28(39)6-4-24)23-45-15-17-46(18-16-45)29-7-9-30(10-8-29)50(49)44-37(48)33-12-11-32(40)35(42-33)27-19-26-20-34(47)43-36(26)41-22-27/h3-12,19,22H,13-18,20-21,23H2,1-2H3,(H,44,48)(H,41,43,47). The number of nitrogens with one attached hydrogen (secondary N) is 2. The average Bonchev–Trinajstić information content (AvgIpc) is 3.49. The number of anilines is 2. The van der Waals surface area contributed by atoms with Crippen LogP contribution in [0.3, 0.4) is 0 Å². The van der Waals surface area contributed by atoms with Crippen LogP contribution in [0, 0.1) is 11.2 Å². The molecule has 1 saturated heterocycles. The first kappa shape index (κ1) is 34.0. The third-order valence-corrected chi connectivity index (χ3v) is 11.0. The molecule has 1 fully saturated rings. The van der Waals surface area contributed by atoms with Gasteiger partial charge in [0.1, 0.15) is 23.0 Å². The van der Waals surface area contributed by atoms with Crippen LogP contribution in [0.4, 0.5) is 15.9 Å². The van der Waals surface area contributed by atoms with Crippen molar-refractivity contribution in [3.05, 3.63) is 106 Å². The van der Waals surface area contributed by atoms with E-state index in [4.69, 9.17) is 11.6 Å². The minimum Gasteiger partial charge on any atom is -0.369 e. The number of hydrogen-bond acceptors (Lipinski definition) is 7. The molecule has 7 rings (SSSR count). The van der Waals surface area contributed by atoms with Crippen LogP contribution in [0.2, 0.25) is 5.02 Å². The zero-order valence-corrected chi connectivity index (χ0v) is 29.5. The molecule has 4 heterocycles. The van der Waals surface area contributed by atoms with Gasteiger partial charge in [-0.15, -0.1) is 0 Å². The second kappa shape index (κ2) is 14.0. The van der Waals surface area contributed by atoms with Gasteiger partial charge >= 0.3 is 0 Å². The highest BCUT2D eigenvalue weighted by Crippen LogP contribution is 2.43. The number of nitrogens with zero attached hydrogens (tertiary/aromatic N) is 4. The van der Waals surface area contributed by atoms with Gasteiger partial charge in [-0.2, -0.15) is 0 Å². The summed E-state index contributed by atoms with van der Waals surface area (Å²) in [5.41, 5.74) is 6.35. The van der Waals surface area contributed by atoms with Gasteiger partial charge < -0.3 is 10.2 Å². The summed E-state index contributed by atoms with van der Waals surface area (Å²) in [5, 5.41) is 3.39. The molecule has 0 bridgehead atoms. The van der Waals surface area contributed by atoms with Crippen molar-refractivity contribution in [3.8, 4) is 11.3 Å². The summed E-state index contributed by atoms with van der Waals surface area (Å²) < 4.78 is 30.3. The number of benzene rings is 2. The molecule has 2 N–H and O–H groups in total. The van der Waals surface area contributed by atoms with Crippen molar-refractivity contribution in [2.45, 2.75) is 44.4 Å². The normalized spacial score (nSPS) is 18.1. The van der Waals surface area contributed by atoms with Gasteiger partial charge in [0.25, 0.3) is 5.91 Å². The van der Waals surface area contributed by atoms with Crippen molar-refractivity contribution >= 4 is 51.5 Å². The van der Waals surface area contributed by atoms with Gasteiger partial charge in [-0.25, -0.2) is 18.6 Å². The third kappa shape index (κ3) is 7.50. The molecule has 9 nitrogen and oxygen atoms in total. The molecule has 2 aliphatic heterocycles. The van der Waals surface area contributed by atoms with Crippen molar-refractivity contribution in [2.24, 2.45) is 5.41 Å². The predicted octanol–water partition coefficient (Wildman–Crippen LogP) is 6.67. The Kier molecular flexibility index (Phi) is 9.56. The lowest BCUT2D eigenvalue weighted by atomic mass is 9.72. The fourth-order valence-electron chi connectivity index (χ4n) is 6.88. The maximum atomic E-state index is 14.7. The SMILES string of the molecule is CC1(C)CCC(CN2CCN(c3ccc(S(=O)NC(=O)c4ccc(F)c(-c5cnc6c(c5)CC(=O)N6)n4)cc3)CC2)=C(c2ccc(Cl)cc2)C1. The molecular formula is C38H38ClFN6O3S. The highest BCUT2D eigenvalue weighted by atomic mass is 35.5. The van der Waals surface area contributed by atoms with Crippen LogP contribution < -0.4 is 14.9 Å². The summed E-state index contributed by atoms with van der Waals surface area (Å²) >= 11 is 6.19. The molecule has 1 aliphatic carbocycles. The number of aromatic nitrogens is 2. The Bertz CT molecular complexity index is 2010. The zero-order chi connectivity index (χ0) is 35.0. The van der Waals surface area contributed by atoms with Crippen LogP contribution in [-0.2, 0) is 22.2 Å². The van der Waals surface area contributed by atoms with Crippen LogP contribution in [-0.4, -0.2) is 63.6 Å². The third-order valence-electron chi connectivity index (χ3n) is 9.69. The molecule has 0 saturated carbocycles. The summed E-state index contributed by atoms with van der Waals surface area (Å²) in [6.45, 7) is 9.29. The summed E-state index contributed by atoms with van der Waals surface area (Å²) in [7, 11) is -1.85. The smallest absolute Gasteiger partial charge is 0.281 e. The van der Waals surface area contributed by atoms with Crippen LogP contribution in [0.5, 0.6) is 0 Å². The average molecular weight is 713 g/mol. The number of carbonyl (C=O) groups excluding carboxylic acids is 2. The van der Waals surface area contributed by atoms with E-state index in [1.54, 1.807) is 18.2 Å². The lowest BCUT2D eigenvalue weighted by molar-refractivity contribution is -0.115. The number of amides is 2. The van der Waals surface area contributed by atoms with Gasteiger partial charge in [0.15, 0.2) is 11.0 Å². The second-order valence-electron chi connectivity index (χ2n) is 13.9. The van der Waals surface area contributed by atoms with Crippen molar-refractivity contribution in [1.82, 2.24) is 19.6 Å². The van der Waals surface area contributed by atoms with E-state index >= 15 is 0 Å². The van der Waals surface area contributed by atoms with E-state index in [9.17, 15) is 18.2 Å². The van der Waals surface area contributed by atoms with Crippen molar-refractivity contribution in [1.29, 1.82) is 0 Å². The van der Waals surface area contributed by atoms with E-state index in [2.05, 4.69) is 55.8 Å². The lowest BCUT2D eigenvalue weighted by Gasteiger charge is -2.39. The first-order valence-corrected chi connectivity index (χ1v) is 18.3. The molecule has 0 spiro atoms. The van der Waals surface area contributed by atoms with Crippen molar-refractivity contribution < 1.29 is 18.2 Å². The fourth-order valence-corrected chi connectivity index (χ4v) is 7.78. The molecule has 2 aromatic heterocycles. The highest BCUT2D eigenvalue weighted by Gasteiger charge is 2.29.